The Hall–Kier alpha value is -0.220. The summed E-state index contributed by atoms with van der Waals surface area (Å²) in [5.41, 5.74) is 2.12. The minimum Gasteiger partial charge on any atom is -0.381 e. The summed E-state index contributed by atoms with van der Waals surface area (Å²) in [4.78, 5) is 0. The van der Waals surface area contributed by atoms with Crippen molar-refractivity contribution < 1.29 is 0 Å². The van der Waals surface area contributed by atoms with E-state index in [4.69, 9.17) is 23.2 Å². The number of anilines is 1. The Morgan fingerprint density at radius 3 is 2.33 bits per heavy atom. The van der Waals surface area contributed by atoms with Crippen molar-refractivity contribution in [3.8, 4) is 0 Å². The molecule has 0 saturated heterocycles. The van der Waals surface area contributed by atoms with Crippen molar-refractivity contribution in [3.05, 3.63) is 61.0 Å². The van der Waals surface area contributed by atoms with Gasteiger partial charge in [-0.15, -0.1) is 0 Å². The van der Waals surface area contributed by atoms with Crippen LogP contribution in [0.5, 0.6) is 0 Å². The van der Waals surface area contributed by atoms with E-state index >= 15 is 0 Å². The molecular formula is C13H9Br2Cl2N. The van der Waals surface area contributed by atoms with Crippen LogP contribution in [0.1, 0.15) is 5.56 Å². The van der Waals surface area contributed by atoms with E-state index in [1.54, 1.807) is 6.07 Å². The highest BCUT2D eigenvalue weighted by atomic mass is 79.9. The summed E-state index contributed by atoms with van der Waals surface area (Å²) in [5, 5.41) is 4.41. The minimum atomic E-state index is 0.554. The van der Waals surface area contributed by atoms with Gasteiger partial charge in [0, 0.05) is 21.2 Å². The van der Waals surface area contributed by atoms with Crippen LogP contribution in [0.3, 0.4) is 0 Å². The average Bonchev–Trinajstić information content (AvgIpc) is 2.35. The third-order valence-electron chi connectivity index (χ3n) is 2.40. The number of benzene rings is 2. The number of rotatable bonds is 3. The SMILES string of the molecule is Clc1ccc(NCc2ccc(Br)c(Br)c2)cc1Cl. The molecule has 0 aliphatic carbocycles. The van der Waals surface area contributed by atoms with Crippen molar-refractivity contribution in [3.63, 3.8) is 0 Å². The Kier molecular flexibility index (Phi) is 4.96. The Morgan fingerprint density at radius 2 is 1.67 bits per heavy atom. The van der Waals surface area contributed by atoms with Gasteiger partial charge in [0.05, 0.1) is 10.0 Å². The van der Waals surface area contributed by atoms with E-state index in [0.29, 0.717) is 10.0 Å². The first-order valence-electron chi connectivity index (χ1n) is 5.19. The molecule has 0 saturated carbocycles. The topological polar surface area (TPSA) is 12.0 Å². The Bertz CT molecular complexity index is 521. The lowest BCUT2D eigenvalue weighted by molar-refractivity contribution is 1.14. The van der Waals surface area contributed by atoms with Crippen molar-refractivity contribution in [1.29, 1.82) is 0 Å². The molecule has 0 aliphatic rings. The molecule has 0 bridgehead atoms. The lowest BCUT2D eigenvalue weighted by atomic mass is 10.2. The van der Waals surface area contributed by atoms with Gasteiger partial charge in [0.1, 0.15) is 0 Å². The standard InChI is InChI=1S/C13H9Br2Cl2N/c14-10-3-1-8(5-11(10)15)7-18-9-2-4-12(16)13(17)6-9/h1-6,18H,7H2. The second kappa shape index (κ2) is 6.29. The van der Waals surface area contributed by atoms with Crippen molar-refractivity contribution >= 4 is 60.7 Å². The maximum atomic E-state index is 5.96. The van der Waals surface area contributed by atoms with Crippen LogP contribution in [0, 0.1) is 0 Å². The van der Waals surface area contributed by atoms with Gasteiger partial charge in [0.2, 0.25) is 0 Å². The van der Waals surface area contributed by atoms with Crippen molar-refractivity contribution in [2.24, 2.45) is 0 Å². The molecule has 2 aromatic carbocycles. The zero-order valence-electron chi connectivity index (χ0n) is 9.18. The second-order valence-corrected chi connectivity index (χ2v) is 6.25. The zero-order chi connectivity index (χ0) is 13.1. The minimum absolute atomic E-state index is 0.554. The monoisotopic (exact) mass is 407 g/mol. The van der Waals surface area contributed by atoms with Crippen molar-refractivity contribution in [1.82, 2.24) is 0 Å². The van der Waals surface area contributed by atoms with E-state index in [9.17, 15) is 0 Å². The molecule has 0 unspecified atom stereocenters. The summed E-state index contributed by atoms with van der Waals surface area (Å²) in [6.07, 6.45) is 0. The van der Waals surface area contributed by atoms with Crippen LogP contribution in [0.25, 0.3) is 0 Å². The molecular weight excluding hydrogens is 401 g/mol. The summed E-state index contributed by atoms with van der Waals surface area (Å²) < 4.78 is 2.08. The number of hydrogen-bond acceptors (Lipinski definition) is 1. The smallest absolute Gasteiger partial charge is 0.0612 e. The number of hydrogen-bond donors (Lipinski definition) is 1. The lowest BCUT2D eigenvalue weighted by Gasteiger charge is -2.08. The fourth-order valence-corrected chi connectivity index (χ4v) is 2.43. The van der Waals surface area contributed by atoms with Crippen LogP contribution in [-0.4, -0.2) is 0 Å². The predicted molar refractivity (Wildman–Crippen MR) is 85.6 cm³/mol. The molecule has 0 amide bonds. The van der Waals surface area contributed by atoms with Gasteiger partial charge in [-0.1, -0.05) is 29.3 Å². The molecule has 2 aromatic rings. The highest BCUT2D eigenvalue weighted by molar-refractivity contribution is 9.13. The first-order chi connectivity index (χ1) is 8.56. The third kappa shape index (κ3) is 3.64. The Balaban J connectivity index is 2.06. The van der Waals surface area contributed by atoms with Gasteiger partial charge in [-0.3, -0.25) is 0 Å². The fourth-order valence-electron chi connectivity index (χ4n) is 1.46. The number of nitrogens with one attached hydrogen (secondary N) is 1. The molecule has 0 heterocycles. The molecule has 0 radical (unpaired) electrons. The van der Waals surface area contributed by atoms with Crippen LogP contribution >= 0.6 is 55.1 Å². The van der Waals surface area contributed by atoms with Gasteiger partial charge >= 0.3 is 0 Å². The second-order valence-electron chi connectivity index (χ2n) is 3.73. The van der Waals surface area contributed by atoms with Gasteiger partial charge < -0.3 is 5.32 Å². The van der Waals surface area contributed by atoms with E-state index < -0.39 is 0 Å². The van der Waals surface area contributed by atoms with Gasteiger partial charge in [-0.05, 0) is 67.8 Å². The van der Waals surface area contributed by atoms with Gasteiger partial charge in [-0.2, -0.15) is 0 Å². The average molecular weight is 410 g/mol. The third-order valence-corrected chi connectivity index (χ3v) is 5.02. The molecule has 94 valence electrons. The van der Waals surface area contributed by atoms with Gasteiger partial charge in [0.25, 0.3) is 0 Å². The maximum Gasteiger partial charge on any atom is 0.0612 e. The molecule has 1 N–H and O–H groups in total. The predicted octanol–water partition coefficient (Wildman–Crippen LogP) is 6.13. The van der Waals surface area contributed by atoms with E-state index in [-0.39, 0.29) is 0 Å². The maximum absolute atomic E-state index is 5.96. The van der Waals surface area contributed by atoms with Gasteiger partial charge in [-0.25, -0.2) is 0 Å². The van der Waals surface area contributed by atoms with Crippen LogP contribution in [0.4, 0.5) is 5.69 Å². The molecule has 18 heavy (non-hydrogen) atoms. The van der Waals surface area contributed by atoms with E-state index in [0.717, 1.165) is 21.2 Å². The quantitative estimate of drug-likeness (QED) is 0.642. The summed E-state index contributed by atoms with van der Waals surface area (Å²) in [7, 11) is 0. The summed E-state index contributed by atoms with van der Waals surface area (Å²) >= 11 is 18.7. The van der Waals surface area contributed by atoms with E-state index in [2.05, 4.69) is 49.3 Å². The van der Waals surface area contributed by atoms with Crippen molar-refractivity contribution in [2.45, 2.75) is 6.54 Å². The Morgan fingerprint density at radius 1 is 0.889 bits per heavy atom. The summed E-state index contributed by atoms with van der Waals surface area (Å²) in [6.45, 7) is 0.726. The molecule has 0 spiro atoms. The summed E-state index contributed by atoms with van der Waals surface area (Å²) in [5.74, 6) is 0. The van der Waals surface area contributed by atoms with Crippen LogP contribution in [-0.2, 0) is 6.54 Å². The fraction of sp³-hybridized carbons (Fsp3) is 0.0769. The number of halogens is 4. The zero-order valence-corrected chi connectivity index (χ0v) is 13.9. The molecule has 0 atom stereocenters. The normalized spacial score (nSPS) is 10.4. The molecule has 5 heteroatoms. The largest absolute Gasteiger partial charge is 0.381 e. The summed E-state index contributed by atoms with van der Waals surface area (Å²) in [6, 6.07) is 11.6. The van der Waals surface area contributed by atoms with Gasteiger partial charge in [0.15, 0.2) is 0 Å². The van der Waals surface area contributed by atoms with Crippen LogP contribution in [0.2, 0.25) is 10.0 Å². The molecule has 0 aromatic heterocycles. The first kappa shape index (κ1) is 14.2. The molecule has 0 fully saturated rings. The van der Waals surface area contributed by atoms with Crippen molar-refractivity contribution in [2.75, 3.05) is 5.32 Å². The molecule has 1 nitrogen and oxygen atoms in total. The molecule has 0 aliphatic heterocycles. The van der Waals surface area contributed by atoms with Crippen LogP contribution in [0.15, 0.2) is 45.3 Å². The highest BCUT2D eigenvalue weighted by Crippen LogP contribution is 2.26. The lowest BCUT2D eigenvalue weighted by Crippen LogP contribution is -1.99. The highest BCUT2D eigenvalue weighted by Gasteiger charge is 2.01. The van der Waals surface area contributed by atoms with E-state index in [1.807, 2.05) is 18.2 Å². The van der Waals surface area contributed by atoms with Crippen LogP contribution < -0.4 is 5.32 Å². The van der Waals surface area contributed by atoms with E-state index in [1.165, 1.54) is 5.56 Å². The first-order valence-corrected chi connectivity index (χ1v) is 7.53. The Labute approximate surface area is 133 Å². The molecule has 2 rings (SSSR count).